The summed E-state index contributed by atoms with van der Waals surface area (Å²) in [6, 6.07) is 5.38. The third-order valence-corrected chi connectivity index (χ3v) is 2.62. The van der Waals surface area contributed by atoms with Crippen LogP contribution in [0.25, 0.3) is 0 Å². The van der Waals surface area contributed by atoms with Gasteiger partial charge in [0.15, 0.2) is 0 Å². The Balaban J connectivity index is 2.62. The van der Waals surface area contributed by atoms with Gasteiger partial charge in [-0.3, -0.25) is 4.79 Å². The number of halogens is 1. The van der Waals surface area contributed by atoms with E-state index >= 15 is 0 Å². The fourth-order valence-corrected chi connectivity index (χ4v) is 1.70. The Kier molecular flexibility index (Phi) is 5.28. The Hall–Kier alpha value is -1.07. The second-order valence-corrected chi connectivity index (χ2v) is 3.92. The first-order valence-electron chi connectivity index (χ1n) is 4.77. The zero-order chi connectivity index (χ0) is 12.0. The van der Waals surface area contributed by atoms with Crippen molar-refractivity contribution in [3.63, 3.8) is 0 Å². The molecule has 0 aromatic heterocycles. The maximum absolute atomic E-state index is 10.9. The Bertz CT molecular complexity index is 365. The van der Waals surface area contributed by atoms with Crippen LogP contribution in [0.5, 0.6) is 5.75 Å². The molecule has 5 heteroatoms. The van der Waals surface area contributed by atoms with E-state index in [1.165, 1.54) is 7.11 Å². The molecule has 1 rings (SSSR count). The van der Waals surface area contributed by atoms with E-state index in [4.69, 9.17) is 9.84 Å². The number of ether oxygens (including phenoxy) is 2. The third kappa shape index (κ3) is 3.50. The number of benzene rings is 1. The van der Waals surface area contributed by atoms with Gasteiger partial charge in [-0.1, -0.05) is 12.1 Å². The number of hydrogen-bond donors (Lipinski definition) is 1. The van der Waals surface area contributed by atoms with Gasteiger partial charge < -0.3 is 14.6 Å². The summed E-state index contributed by atoms with van der Waals surface area (Å²) in [6.45, 7) is 0.120. The van der Waals surface area contributed by atoms with Gasteiger partial charge in [0.1, 0.15) is 5.75 Å². The fourth-order valence-electron chi connectivity index (χ4n) is 1.18. The van der Waals surface area contributed by atoms with Gasteiger partial charge in [-0.25, -0.2) is 0 Å². The van der Waals surface area contributed by atoms with Gasteiger partial charge in [0.05, 0.1) is 31.2 Å². The second-order valence-electron chi connectivity index (χ2n) is 3.06. The van der Waals surface area contributed by atoms with Gasteiger partial charge in [-0.2, -0.15) is 0 Å². The Morgan fingerprint density at radius 3 is 2.88 bits per heavy atom. The molecule has 0 amide bonds. The minimum Gasteiger partial charge on any atom is -0.491 e. The zero-order valence-corrected chi connectivity index (χ0v) is 10.5. The molecule has 16 heavy (non-hydrogen) atoms. The average molecular weight is 289 g/mol. The lowest BCUT2D eigenvalue weighted by molar-refractivity contribution is -0.141. The Morgan fingerprint density at radius 2 is 2.25 bits per heavy atom. The van der Waals surface area contributed by atoms with Crippen LogP contribution in [0.1, 0.15) is 12.0 Å². The van der Waals surface area contributed by atoms with Crippen molar-refractivity contribution in [2.45, 2.75) is 13.0 Å². The molecule has 0 fully saturated rings. The lowest BCUT2D eigenvalue weighted by Gasteiger charge is -2.11. The molecule has 0 atom stereocenters. The molecule has 1 aromatic carbocycles. The number of para-hydroxylation sites is 1. The lowest BCUT2D eigenvalue weighted by atomic mass is 10.2. The van der Waals surface area contributed by atoms with E-state index in [0.717, 1.165) is 4.47 Å². The van der Waals surface area contributed by atoms with Crippen LogP contribution in [0, 0.1) is 0 Å². The molecular weight excluding hydrogens is 276 g/mol. The molecule has 1 N–H and O–H groups in total. The number of rotatable bonds is 5. The third-order valence-electron chi connectivity index (χ3n) is 2.00. The predicted molar refractivity (Wildman–Crippen MR) is 62.2 cm³/mol. The normalized spacial score (nSPS) is 9.94. The van der Waals surface area contributed by atoms with Crippen LogP contribution >= 0.6 is 15.9 Å². The standard InChI is InChI=1S/C11H13BrO4/c1-15-10(14)5-6-16-11-8(7-13)3-2-4-9(11)12/h2-4,13H,5-7H2,1H3. The highest BCUT2D eigenvalue weighted by atomic mass is 79.9. The minimum absolute atomic E-state index is 0.104. The van der Waals surface area contributed by atoms with Gasteiger partial charge in [0.2, 0.25) is 0 Å². The number of methoxy groups -OCH3 is 1. The fraction of sp³-hybridized carbons (Fsp3) is 0.364. The van der Waals surface area contributed by atoms with Crippen LogP contribution in [-0.2, 0) is 16.1 Å². The van der Waals surface area contributed by atoms with Crippen LogP contribution < -0.4 is 4.74 Å². The number of carbonyl (C=O) groups excluding carboxylic acids is 1. The van der Waals surface area contributed by atoms with Gasteiger partial charge in [0, 0.05) is 5.56 Å². The molecule has 0 saturated heterocycles. The molecule has 0 saturated carbocycles. The first-order chi connectivity index (χ1) is 7.69. The quantitative estimate of drug-likeness (QED) is 0.841. The molecule has 1 aromatic rings. The number of hydrogen-bond acceptors (Lipinski definition) is 4. The highest BCUT2D eigenvalue weighted by molar-refractivity contribution is 9.10. The molecule has 4 nitrogen and oxygen atoms in total. The largest absolute Gasteiger partial charge is 0.491 e. The van der Waals surface area contributed by atoms with Crippen molar-refractivity contribution in [3.8, 4) is 5.75 Å². The Morgan fingerprint density at radius 1 is 1.50 bits per heavy atom. The summed E-state index contributed by atoms with van der Waals surface area (Å²) in [5, 5.41) is 9.11. The van der Waals surface area contributed by atoms with Crippen molar-refractivity contribution in [1.29, 1.82) is 0 Å². The van der Waals surface area contributed by atoms with Crippen LogP contribution in [0.3, 0.4) is 0 Å². The van der Waals surface area contributed by atoms with Crippen molar-refractivity contribution in [2.24, 2.45) is 0 Å². The van der Waals surface area contributed by atoms with Crippen LogP contribution in [0.4, 0.5) is 0 Å². The van der Waals surface area contributed by atoms with Crippen LogP contribution in [-0.4, -0.2) is 24.8 Å². The van der Waals surface area contributed by atoms with E-state index in [0.29, 0.717) is 11.3 Å². The highest BCUT2D eigenvalue weighted by Crippen LogP contribution is 2.29. The van der Waals surface area contributed by atoms with Gasteiger partial charge in [-0.15, -0.1) is 0 Å². The van der Waals surface area contributed by atoms with E-state index in [2.05, 4.69) is 20.7 Å². The molecule has 0 radical (unpaired) electrons. The molecule has 0 aliphatic carbocycles. The van der Waals surface area contributed by atoms with Crippen LogP contribution in [0.2, 0.25) is 0 Å². The zero-order valence-electron chi connectivity index (χ0n) is 8.90. The summed E-state index contributed by atoms with van der Waals surface area (Å²) in [4.78, 5) is 10.9. The molecule has 0 aliphatic rings. The first-order valence-corrected chi connectivity index (χ1v) is 5.56. The molecule has 0 bridgehead atoms. The summed E-state index contributed by atoms with van der Waals surface area (Å²) in [6.07, 6.45) is 0.183. The molecule has 0 heterocycles. The highest BCUT2D eigenvalue weighted by Gasteiger charge is 2.08. The maximum Gasteiger partial charge on any atom is 0.308 e. The number of carbonyl (C=O) groups is 1. The van der Waals surface area contributed by atoms with Gasteiger partial charge in [0.25, 0.3) is 0 Å². The van der Waals surface area contributed by atoms with Gasteiger partial charge in [-0.05, 0) is 22.0 Å². The summed E-state index contributed by atoms with van der Waals surface area (Å²) >= 11 is 3.32. The second kappa shape index (κ2) is 6.50. The molecule has 0 aliphatic heterocycles. The van der Waals surface area contributed by atoms with Crippen molar-refractivity contribution in [2.75, 3.05) is 13.7 Å². The molecule has 88 valence electrons. The van der Waals surface area contributed by atoms with Crippen molar-refractivity contribution in [3.05, 3.63) is 28.2 Å². The van der Waals surface area contributed by atoms with E-state index in [-0.39, 0.29) is 25.6 Å². The minimum atomic E-state index is -0.322. The monoisotopic (exact) mass is 288 g/mol. The summed E-state index contributed by atoms with van der Waals surface area (Å²) in [5.74, 6) is 0.242. The van der Waals surface area contributed by atoms with E-state index in [9.17, 15) is 4.79 Å². The summed E-state index contributed by atoms with van der Waals surface area (Å²) < 4.78 is 10.7. The number of aliphatic hydroxyl groups excluding tert-OH is 1. The maximum atomic E-state index is 10.9. The van der Waals surface area contributed by atoms with E-state index < -0.39 is 0 Å². The lowest BCUT2D eigenvalue weighted by Crippen LogP contribution is -2.08. The molecular formula is C11H13BrO4. The first kappa shape index (κ1) is 13.0. The molecule has 0 unspecified atom stereocenters. The average Bonchev–Trinajstić information content (AvgIpc) is 2.30. The number of aliphatic hydroxyl groups is 1. The van der Waals surface area contributed by atoms with E-state index in [1.807, 2.05) is 12.1 Å². The van der Waals surface area contributed by atoms with Crippen LogP contribution in [0.15, 0.2) is 22.7 Å². The summed E-state index contributed by atoms with van der Waals surface area (Å²) in [5.41, 5.74) is 0.680. The van der Waals surface area contributed by atoms with E-state index in [1.54, 1.807) is 6.07 Å². The molecule has 0 spiro atoms. The SMILES string of the molecule is COC(=O)CCOc1c(Br)cccc1CO. The van der Waals surface area contributed by atoms with Crippen molar-refractivity contribution >= 4 is 21.9 Å². The Labute approximate surface area is 102 Å². The topological polar surface area (TPSA) is 55.8 Å². The predicted octanol–water partition coefficient (Wildman–Crippen LogP) is 1.88. The smallest absolute Gasteiger partial charge is 0.308 e. The van der Waals surface area contributed by atoms with Crippen molar-refractivity contribution in [1.82, 2.24) is 0 Å². The summed E-state index contributed by atoms with van der Waals surface area (Å²) in [7, 11) is 1.33. The number of esters is 1. The van der Waals surface area contributed by atoms with Gasteiger partial charge >= 0.3 is 5.97 Å². The van der Waals surface area contributed by atoms with Crippen molar-refractivity contribution < 1.29 is 19.4 Å².